The van der Waals surface area contributed by atoms with E-state index in [0.717, 1.165) is 44.3 Å². The standard InChI is InChI=1S/C18H30N4O2S/c1-2-3-7-12-19-16(23)11-10-15-13-25-18(21-15)22-17(24)20-14-8-5-4-6-9-14/h13-14H,2-12H2,1H3,(H,19,23)(H2,20,21,22,24). The lowest BCUT2D eigenvalue weighted by Crippen LogP contribution is -2.39. The number of nitrogens with zero attached hydrogens (tertiary/aromatic N) is 1. The first-order chi connectivity index (χ1) is 12.2. The predicted molar refractivity (Wildman–Crippen MR) is 102 cm³/mol. The molecule has 0 atom stereocenters. The van der Waals surface area contributed by atoms with Gasteiger partial charge in [-0.15, -0.1) is 11.3 Å². The summed E-state index contributed by atoms with van der Waals surface area (Å²) in [6.45, 7) is 2.89. The number of nitrogens with one attached hydrogen (secondary N) is 3. The van der Waals surface area contributed by atoms with Crippen molar-refractivity contribution in [2.75, 3.05) is 11.9 Å². The van der Waals surface area contributed by atoms with Crippen molar-refractivity contribution in [1.29, 1.82) is 0 Å². The average Bonchev–Trinajstić information content (AvgIpc) is 3.05. The molecular formula is C18H30N4O2S. The first-order valence-corrected chi connectivity index (χ1v) is 10.3. The number of amides is 3. The zero-order valence-electron chi connectivity index (χ0n) is 15.1. The molecule has 0 radical (unpaired) electrons. The summed E-state index contributed by atoms with van der Waals surface area (Å²) in [4.78, 5) is 28.2. The van der Waals surface area contributed by atoms with Crippen LogP contribution in [0.15, 0.2) is 5.38 Å². The molecule has 1 aromatic rings. The molecule has 3 amide bonds. The highest BCUT2D eigenvalue weighted by atomic mass is 32.1. The number of unbranched alkanes of at least 4 members (excludes halogenated alkanes) is 2. The lowest BCUT2D eigenvalue weighted by molar-refractivity contribution is -0.121. The second-order valence-electron chi connectivity index (χ2n) is 6.63. The van der Waals surface area contributed by atoms with Gasteiger partial charge in [-0.3, -0.25) is 10.1 Å². The van der Waals surface area contributed by atoms with Gasteiger partial charge in [0.05, 0.1) is 5.69 Å². The summed E-state index contributed by atoms with van der Waals surface area (Å²) in [6, 6.07) is 0.103. The Morgan fingerprint density at radius 2 is 2.04 bits per heavy atom. The number of urea groups is 1. The molecule has 1 heterocycles. The maximum Gasteiger partial charge on any atom is 0.321 e. The van der Waals surface area contributed by atoms with Crippen molar-refractivity contribution in [2.45, 2.75) is 77.2 Å². The molecular weight excluding hydrogens is 336 g/mol. The molecule has 3 N–H and O–H groups in total. The van der Waals surface area contributed by atoms with Gasteiger partial charge in [0.25, 0.3) is 0 Å². The Kier molecular flexibility index (Phi) is 8.72. The highest BCUT2D eigenvalue weighted by Crippen LogP contribution is 2.19. The van der Waals surface area contributed by atoms with Crippen molar-refractivity contribution in [3.05, 3.63) is 11.1 Å². The molecule has 0 spiro atoms. The van der Waals surface area contributed by atoms with Crippen LogP contribution < -0.4 is 16.0 Å². The molecule has 0 saturated heterocycles. The van der Waals surface area contributed by atoms with Gasteiger partial charge in [-0.2, -0.15) is 0 Å². The third kappa shape index (κ3) is 7.86. The van der Waals surface area contributed by atoms with E-state index in [-0.39, 0.29) is 18.0 Å². The molecule has 1 aromatic heterocycles. The van der Waals surface area contributed by atoms with Crippen LogP contribution in [0.25, 0.3) is 0 Å². The van der Waals surface area contributed by atoms with E-state index in [1.54, 1.807) is 0 Å². The van der Waals surface area contributed by atoms with Crippen LogP contribution in [-0.2, 0) is 11.2 Å². The number of hydrogen-bond acceptors (Lipinski definition) is 4. The third-order valence-electron chi connectivity index (χ3n) is 4.42. The molecule has 0 unspecified atom stereocenters. The van der Waals surface area contributed by atoms with Crippen LogP contribution in [0.4, 0.5) is 9.93 Å². The number of rotatable bonds is 9. The van der Waals surface area contributed by atoms with Crippen LogP contribution >= 0.6 is 11.3 Å². The van der Waals surface area contributed by atoms with Gasteiger partial charge in [0.2, 0.25) is 5.91 Å². The lowest BCUT2D eigenvalue weighted by Gasteiger charge is -2.22. The Bertz CT molecular complexity index is 541. The maximum absolute atomic E-state index is 12.0. The number of anilines is 1. The molecule has 0 aliphatic heterocycles. The Balaban J connectivity index is 1.65. The second-order valence-corrected chi connectivity index (χ2v) is 7.49. The number of aromatic nitrogens is 1. The van der Waals surface area contributed by atoms with Gasteiger partial charge < -0.3 is 10.6 Å². The monoisotopic (exact) mass is 366 g/mol. The zero-order chi connectivity index (χ0) is 17.9. The van der Waals surface area contributed by atoms with Crippen molar-refractivity contribution in [1.82, 2.24) is 15.6 Å². The van der Waals surface area contributed by atoms with E-state index >= 15 is 0 Å². The van der Waals surface area contributed by atoms with Gasteiger partial charge in [0.1, 0.15) is 0 Å². The van der Waals surface area contributed by atoms with Gasteiger partial charge in [-0.25, -0.2) is 9.78 Å². The maximum atomic E-state index is 12.0. The van der Waals surface area contributed by atoms with E-state index in [0.29, 0.717) is 18.0 Å². The van der Waals surface area contributed by atoms with E-state index in [2.05, 4.69) is 27.9 Å². The SMILES string of the molecule is CCCCCNC(=O)CCc1csc(NC(=O)NC2CCCCC2)n1. The first-order valence-electron chi connectivity index (χ1n) is 9.46. The summed E-state index contributed by atoms with van der Waals surface area (Å²) in [5.74, 6) is 0.0636. The summed E-state index contributed by atoms with van der Waals surface area (Å²) in [5.41, 5.74) is 0.849. The Labute approximate surface area is 154 Å². The molecule has 0 aromatic carbocycles. The van der Waals surface area contributed by atoms with Crippen LogP contribution in [-0.4, -0.2) is 29.5 Å². The van der Waals surface area contributed by atoms with E-state index < -0.39 is 0 Å². The third-order valence-corrected chi connectivity index (χ3v) is 5.23. The molecule has 7 heteroatoms. The molecule has 1 fully saturated rings. The van der Waals surface area contributed by atoms with Gasteiger partial charge in [-0.05, 0) is 25.7 Å². The molecule has 1 aliphatic carbocycles. The van der Waals surface area contributed by atoms with Gasteiger partial charge in [-0.1, -0.05) is 39.0 Å². The number of carbonyl (C=O) groups is 2. The van der Waals surface area contributed by atoms with Gasteiger partial charge in [0.15, 0.2) is 5.13 Å². The molecule has 2 rings (SSSR count). The fourth-order valence-electron chi connectivity index (χ4n) is 2.98. The van der Waals surface area contributed by atoms with Gasteiger partial charge >= 0.3 is 6.03 Å². The quantitative estimate of drug-likeness (QED) is 0.581. The minimum absolute atomic E-state index is 0.0636. The topological polar surface area (TPSA) is 83.1 Å². The Hall–Kier alpha value is -1.63. The van der Waals surface area contributed by atoms with Crippen molar-refractivity contribution >= 4 is 28.4 Å². The molecule has 140 valence electrons. The number of aryl methyl sites for hydroxylation is 1. The minimum atomic E-state index is -0.179. The molecule has 6 nitrogen and oxygen atoms in total. The largest absolute Gasteiger partial charge is 0.356 e. The van der Waals surface area contributed by atoms with E-state index in [1.165, 1.54) is 30.6 Å². The molecule has 1 saturated carbocycles. The van der Waals surface area contributed by atoms with Crippen molar-refractivity contribution in [2.24, 2.45) is 0 Å². The van der Waals surface area contributed by atoms with E-state index in [4.69, 9.17) is 0 Å². The van der Waals surface area contributed by atoms with Crippen molar-refractivity contribution < 1.29 is 9.59 Å². The first kappa shape index (κ1) is 19.7. The summed E-state index contributed by atoms with van der Waals surface area (Å²) >= 11 is 1.40. The number of carbonyl (C=O) groups excluding carboxylic acids is 2. The van der Waals surface area contributed by atoms with Crippen LogP contribution in [0, 0.1) is 0 Å². The van der Waals surface area contributed by atoms with Crippen LogP contribution in [0.5, 0.6) is 0 Å². The fourth-order valence-corrected chi connectivity index (χ4v) is 3.72. The van der Waals surface area contributed by atoms with Crippen LogP contribution in [0.2, 0.25) is 0 Å². The molecule has 0 bridgehead atoms. The zero-order valence-corrected chi connectivity index (χ0v) is 15.9. The normalized spacial score (nSPS) is 14.9. The highest BCUT2D eigenvalue weighted by molar-refractivity contribution is 7.13. The highest BCUT2D eigenvalue weighted by Gasteiger charge is 2.16. The Morgan fingerprint density at radius 3 is 2.80 bits per heavy atom. The predicted octanol–water partition coefficient (Wildman–Crippen LogP) is 3.84. The Morgan fingerprint density at radius 1 is 1.24 bits per heavy atom. The van der Waals surface area contributed by atoms with E-state index in [9.17, 15) is 9.59 Å². The second kappa shape index (κ2) is 11.1. The summed E-state index contributed by atoms with van der Waals surface area (Å²) in [7, 11) is 0. The summed E-state index contributed by atoms with van der Waals surface area (Å²) < 4.78 is 0. The van der Waals surface area contributed by atoms with E-state index in [1.807, 2.05) is 5.38 Å². The fraction of sp³-hybridized carbons (Fsp3) is 0.722. The molecule has 25 heavy (non-hydrogen) atoms. The average molecular weight is 367 g/mol. The summed E-state index contributed by atoms with van der Waals surface area (Å²) in [6.07, 6.45) is 10.1. The minimum Gasteiger partial charge on any atom is -0.356 e. The number of thiazole rings is 1. The molecule has 1 aliphatic rings. The van der Waals surface area contributed by atoms with Gasteiger partial charge in [0, 0.05) is 24.4 Å². The van der Waals surface area contributed by atoms with Crippen molar-refractivity contribution in [3.8, 4) is 0 Å². The summed E-state index contributed by atoms with van der Waals surface area (Å²) in [5, 5.41) is 11.2. The smallest absolute Gasteiger partial charge is 0.321 e. The number of hydrogen-bond donors (Lipinski definition) is 3. The van der Waals surface area contributed by atoms with Crippen molar-refractivity contribution in [3.63, 3.8) is 0 Å². The van der Waals surface area contributed by atoms with Crippen LogP contribution in [0.1, 0.15) is 70.4 Å². The van der Waals surface area contributed by atoms with Crippen LogP contribution in [0.3, 0.4) is 0 Å². The lowest BCUT2D eigenvalue weighted by atomic mass is 9.96.